The molecule has 1 heterocycles. The molecule has 0 unspecified atom stereocenters. The van der Waals surface area contributed by atoms with E-state index in [4.69, 9.17) is 18.0 Å². The molecule has 94 valence electrons. The van der Waals surface area contributed by atoms with Gasteiger partial charge in [0.2, 0.25) is 0 Å². The zero-order valence-corrected chi connectivity index (χ0v) is 11.4. The lowest BCUT2D eigenvalue weighted by Gasteiger charge is -2.23. The number of aromatic nitrogens is 2. The molecule has 0 aliphatic heterocycles. The Morgan fingerprint density at radius 3 is 2.65 bits per heavy atom. The molecule has 0 fully saturated rings. The highest BCUT2D eigenvalue weighted by molar-refractivity contribution is 7.80. The first-order chi connectivity index (χ1) is 7.74. The molecular weight excluding hydrogens is 236 g/mol. The number of hydrogen-bond donors (Lipinski definition) is 2. The summed E-state index contributed by atoms with van der Waals surface area (Å²) < 4.78 is 1.55. The molecule has 0 aliphatic rings. The molecular formula is C11H18N4OS. The van der Waals surface area contributed by atoms with Crippen LogP contribution in [0.15, 0.2) is 6.07 Å². The summed E-state index contributed by atoms with van der Waals surface area (Å²) in [6.45, 7) is 6.04. The molecule has 0 saturated carbocycles. The summed E-state index contributed by atoms with van der Waals surface area (Å²) in [5.41, 5.74) is 6.54. The fourth-order valence-corrected chi connectivity index (χ4v) is 1.37. The third kappa shape index (κ3) is 3.26. The van der Waals surface area contributed by atoms with E-state index in [1.165, 1.54) is 0 Å². The van der Waals surface area contributed by atoms with Crippen molar-refractivity contribution in [2.24, 2.45) is 18.2 Å². The molecule has 6 heteroatoms. The van der Waals surface area contributed by atoms with Crippen LogP contribution in [0.25, 0.3) is 0 Å². The quantitative estimate of drug-likeness (QED) is 0.778. The molecule has 0 atom stereocenters. The Kier molecular flexibility index (Phi) is 3.87. The van der Waals surface area contributed by atoms with Crippen molar-refractivity contribution >= 4 is 23.1 Å². The Labute approximate surface area is 106 Å². The Morgan fingerprint density at radius 1 is 1.65 bits per heavy atom. The van der Waals surface area contributed by atoms with Crippen LogP contribution < -0.4 is 11.1 Å². The Morgan fingerprint density at radius 2 is 2.24 bits per heavy atom. The zero-order chi connectivity index (χ0) is 13.2. The molecule has 1 rings (SSSR count). The van der Waals surface area contributed by atoms with Gasteiger partial charge in [-0.15, -0.1) is 0 Å². The van der Waals surface area contributed by atoms with E-state index in [1.807, 2.05) is 20.8 Å². The molecule has 0 bridgehead atoms. The van der Waals surface area contributed by atoms with Crippen molar-refractivity contribution < 1.29 is 4.79 Å². The van der Waals surface area contributed by atoms with E-state index in [2.05, 4.69) is 10.4 Å². The van der Waals surface area contributed by atoms with Gasteiger partial charge in [-0.05, 0) is 13.0 Å². The number of nitrogens with two attached hydrogens (primary N) is 1. The van der Waals surface area contributed by atoms with Gasteiger partial charge in [0.25, 0.3) is 5.91 Å². The SMILES string of the molecule is Cc1cc(C(=O)NCC(C)(C)C(N)=S)n(C)n1. The number of rotatable bonds is 4. The Hall–Kier alpha value is -1.43. The van der Waals surface area contributed by atoms with E-state index in [9.17, 15) is 4.79 Å². The van der Waals surface area contributed by atoms with Crippen LogP contribution in [0.1, 0.15) is 30.0 Å². The maximum atomic E-state index is 11.9. The molecule has 0 aromatic carbocycles. The van der Waals surface area contributed by atoms with Gasteiger partial charge in [-0.1, -0.05) is 26.1 Å². The molecule has 5 nitrogen and oxygen atoms in total. The summed E-state index contributed by atoms with van der Waals surface area (Å²) in [7, 11) is 1.74. The van der Waals surface area contributed by atoms with E-state index in [1.54, 1.807) is 17.8 Å². The van der Waals surface area contributed by atoms with Crippen molar-refractivity contribution in [2.75, 3.05) is 6.54 Å². The monoisotopic (exact) mass is 254 g/mol. The van der Waals surface area contributed by atoms with Gasteiger partial charge >= 0.3 is 0 Å². The van der Waals surface area contributed by atoms with Gasteiger partial charge in [-0.2, -0.15) is 5.10 Å². The second-order valence-electron chi connectivity index (χ2n) is 4.73. The smallest absolute Gasteiger partial charge is 0.269 e. The number of hydrogen-bond acceptors (Lipinski definition) is 3. The van der Waals surface area contributed by atoms with Gasteiger partial charge < -0.3 is 11.1 Å². The second kappa shape index (κ2) is 4.83. The lowest BCUT2D eigenvalue weighted by molar-refractivity contribution is 0.0935. The van der Waals surface area contributed by atoms with E-state index in [-0.39, 0.29) is 5.91 Å². The van der Waals surface area contributed by atoms with Crippen molar-refractivity contribution in [3.63, 3.8) is 0 Å². The van der Waals surface area contributed by atoms with Gasteiger partial charge in [0.15, 0.2) is 0 Å². The average Bonchev–Trinajstić information content (AvgIpc) is 2.54. The number of nitrogens with zero attached hydrogens (tertiary/aromatic N) is 2. The molecule has 0 saturated heterocycles. The van der Waals surface area contributed by atoms with Crippen molar-refractivity contribution in [3.05, 3.63) is 17.5 Å². The Bertz CT molecular complexity index is 450. The van der Waals surface area contributed by atoms with Gasteiger partial charge in [-0.3, -0.25) is 9.48 Å². The minimum atomic E-state index is -0.390. The van der Waals surface area contributed by atoms with Crippen LogP contribution in [0.3, 0.4) is 0 Å². The van der Waals surface area contributed by atoms with Crippen LogP contribution in [0.5, 0.6) is 0 Å². The highest BCUT2D eigenvalue weighted by Gasteiger charge is 2.23. The number of amides is 1. The summed E-state index contributed by atoms with van der Waals surface area (Å²) in [6, 6.07) is 1.74. The first kappa shape index (κ1) is 13.6. The number of aryl methyl sites for hydroxylation is 2. The van der Waals surface area contributed by atoms with Gasteiger partial charge in [0.1, 0.15) is 5.69 Å². The van der Waals surface area contributed by atoms with Crippen LogP contribution >= 0.6 is 12.2 Å². The summed E-state index contributed by atoms with van der Waals surface area (Å²) in [5, 5.41) is 6.92. The first-order valence-corrected chi connectivity index (χ1v) is 5.73. The summed E-state index contributed by atoms with van der Waals surface area (Å²) in [6.07, 6.45) is 0. The minimum Gasteiger partial charge on any atom is -0.393 e. The minimum absolute atomic E-state index is 0.169. The van der Waals surface area contributed by atoms with E-state index < -0.39 is 5.41 Å². The van der Waals surface area contributed by atoms with Gasteiger partial charge in [0.05, 0.1) is 10.7 Å². The Balaban J connectivity index is 2.68. The first-order valence-electron chi connectivity index (χ1n) is 5.33. The largest absolute Gasteiger partial charge is 0.393 e. The van der Waals surface area contributed by atoms with Gasteiger partial charge in [-0.25, -0.2) is 0 Å². The van der Waals surface area contributed by atoms with E-state index in [0.717, 1.165) is 5.69 Å². The summed E-state index contributed by atoms with van der Waals surface area (Å²) >= 11 is 4.94. The lowest BCUT2D eigenvalue weighted by atomic mass is 9.93. The van der Waals surface area contributed by atoms with Gasteiger partial charge in [0, 0.05) is 19.0 Å². The average molecular weight is 254 g/mol. The maximum absolute atomic E-state index is 11.9. The number of nitrogens with one attached hydrogen (secondary N) is 1. The summed E-state index contributed by atoms with van der Waals surface area (Å²) in [4.78, 5) is 12.3. The molecule has 17 heavy (non-hydrogen) atoms. The van der Waals surface area contributed by atoms with Crippen LogP contribution in [-0.2, 0) is 7.05 Å². The molecule has 0 spiro atoms. The molecule has 1 aromatic heterocycles. The normalized spacial score (nSPS) is 11.3. The molecule has 0 aliphatic carbocycles. The third-order valence-electron chi connectivity index (χ3n) is 2.59. The topological polar surface area (TPSA) is 72.9 Å². The predicted octanol–water partition coefficient (Wildman–Crippen LogP) is 0.771. The van der Waals surface area contributed by atoms with Crippen molar-refractivity contribution in [3.8, 4) is 0 Å². The number of carbonyl (C=O) groups excluding carboxylic acids is 1. The zero-order valence-electron chi connectivity index (χ0n) is 10.6. The van der Waals surface area contributed by atoms with Crippen LogP contribution in [-0.4, -0.2) is 27.2 Å². The predicted molar refractivity (Wildman–Crippen MR) is 70.8 cm³/mol. The highest BCUT2D eigenvalue weighted by Crippen LogP contribution is 2.13. The van der Waals surface area contributed by atoms with Crippen LogP contribution in [0.4, 0.5) is 0 Å². The van der Waals surface area contributed by atoms with Crippen molar-refractivity contribution in [2.45, 2.75) is 20.8 Å². The van der Waals surface area contributed by atoms with Crippen LogP contribution in [0, 0.1) is 12.3 Å². The fraction of sp³-hybridized carbons (Fsp3) is 0.545. The van der Waals surface area contributed by atoms with Crippen LogP contribution in [0.2, 0.25) is 0 Å². The lowest BCUT2D eigenvalue weighted by Crippen LogP contribution is -2.41. The van der Waals surface area contributed by atoms with E-state index in [0.29, 0.717) is 17.2 Å². The second-order valence-corrected chi connectivity index (χ2v) is 5.17. The standard InChI is InChI=1S/C11H18N4OS/c1-7-5-8(15(4)14-7)9(16)13-6-11(2,3)10(12)17/h5H,6H2,1-4H3,(H2,12,17)(H,13,16). The van der Waals surface area contributed by atoms with Crippen molar-refractivity contribution in [1.82, 2.24) is 15.1 Å². The molecule has 1 amide bonds. The maximum Gasteiger partial charge on any atom is 0.269 e. The summed E-state index contributed by atoms with van der Waals surface area (Å²) in [5.74, 6) is -0.169. The number of thiocarbonyl (C=S) groups is 1. The molecule has 0 radical (unpaired) electrons. The molecule has 1 aromatic rings. The molecule has 3 N–H and O–H groups in total. The number of carbonyl (C=O) groups is 1. The van der Waals surface area contributed by atoms with E-state index >= 15 is 0 Å². The highest BCUT2D eigenvalue weighted by atomic mass is 32.1. The fourth-order valence-electron chi connectivity index (χ4n) is 1.30. The third-order valence-corrected chi connectivity index (χ3v) is 3.15. The van der Waals surface area contributed by atoms with Crippen molar-refractivity contribution in [1.29, 1.82) is 0 Å².